The molecule has 0 saturated carbocycles. The summed E-state index contributed by atoms with van der Waals surface area (Å²) < 4.78 is 0. The fraction of sp³-hybridized carbons (Fsp3) is 0.600. The molecular weight excluding hydrogens is 120 g/mol. The summed E-state index contributed by atoms with van der Waals surface area (Å²) in [7, 11) is 0. The molecule has 0 aliphatic carbocycles. The maximum atomic E-state index is 4.89. The van der Waals surface area contributed by atoms with Crippen molar-refractivity contribution in [1.29, 1.82) is 0 Å². The fourth-order valence-corrected chi connectivity index (χ4v) is 0.144. The molecule has 7 heavy (non-hydrogen) atoms. The van der Waals surface area contributed by atoms with Gasteiger partial charge in [-0.3, -0.25) is 0 Å². The number of hydrogen-bond acceptors (Lipinski definition) is 0. The van der Waals surface area contributed by atoms with Crippen molar-refractivity contribution in [2.24, 2.45) is 0 Å². The van der Waals surface area contributed by atoms with Crippen LogP contribution < -0.4 is 0 Å². The largest absolute Gasteiger partial charge is 2.00 e. The van der Waals surface area contributed by atoms with Crippen molar-refractivity contribution >= 4 is 35.5 Å². The Hall–Kier alpha value is 0.616. The molecule has 0 heterocycles. The van der Waals surface area contributed by atoms with Gasteiger partial charge in [0.1, 0.15) is 0 Å². The summed E-state index contributed by atoms with van der Waals surface area (Å²) in [6.45, 7) is 2.07. The first-order chi connectivity index (χ1) is 2.41. The van der Waals surface area contributed by atoms with E-state index in [1.165, 1.54) is 0 Å². The second-order valence-electron chi connectivity index (χ2n) is 0.954. The van der Waals surface area contributed by atoms with Gasteiger partial charge in [-0.25, -0.2) is 0 Å². The van der Waals surface area contributed by atoms with E-state index in [0.717, 1.165) is 12.8 Å². The van der Waals surface area contributed by atoms with Crippen molar-refractivity contribution in [3.05, 3.63) is 0 Å². The fourth-order valence-electron chi connectivity index (χ4n) is 0.144. The molecule has 0 radical (unpaired) electrons. The first-order valence-corrected chi connectivity index (χ1v) is 1.85. The second-order valence-corrected chi connectivity index (χ2v) is 0.954. The van der Waals surface area contributed by atoms with E-state index in [9.17, 15) is 0 Å². The molecule has 0 unspecified atom stereocenters. The summed E-state index contributed by atoms with van der Waals surface area (Å²) in [5.41, 5.74) is 0. The maximum absolute atomic E-state index is 4.89. The summed E-state index contributed by atoms with van der Waals surface area (Å²) in [4.78, 5) is 0. The van der Waals surface area contributed by atoms with Crippen molar-refractivity contribution < 1.29 is 2.85 Å². The summed E-state index contributed by atoms with van der Waals surface area (Å²) in [5.74, 6) is 2.52. The van der Waals surface area contributed by atoms with Gasteiger partial charge in [-0.15, -0.1) is 24.8 Å². The quantitative estimate of drug-likeness (QED) is 0.375. The van der Waals surface area contributed by atoms with Crippen LogP contribution in [0.2, 0.25) is 0 Å². The Bertz CT molecular complexity index is 53.4. The number of terminal acetylenes is 1. The number of rotatable bonds is 1. The summed E-state index contributed by atoms with van der Waals surface area (Å²) in [6, 6.07) is 0. The average Bonchev–Trinajstić information content (AvgIpc) is 1.41. The zero-order chi connectivity index (χ0) is 4.12. The monoisotopic (exact) mass is 130 g/mol. The zero-order valence-corrected chi connectivity index (χ0v) is 6.84. The van der Waals surface area contributed by atoms with Crippen LogP contribution in [0.4, 0.5) is 0 Å². The van der Waals surface area contributed by atoms with Gasteiger partial charge in [-0.2, -0.15) is 0 Å². The minimum absolute atomic E-state index is 0. The molecule has 0 spiro atoms. The number of unbranched alkanes of at least 4 members (excludes halogenated alkanes) is 1. The zero-order valence-electron chi connectivity index (χ0n) is 6.61. The van der Waals surface area contributed by atoms with Crippen LogP contribution >= 0.6 is 12.4 Å². The second kappa shape index (κ2) is 16.0. The molecule has 0 aromatic carbocycles. The van der Waals surface area contributed by atoms with E-state index in [1.54, 1.807) is 0 Å². The van der Waals surface area contributed by atoms with Gasteiger partial charge in [0, 0.05) is 6.42 Å². The van der Waals surface area contributed by atoms with Crippen molar-refractivity contribution in [2.75, 3.05) is 0 Å². The first kappa shape index (κ1) is 15.6. The number of halogens is 1. The molecule has 0 aliphatic heterocycles. The van der Waals surface area contributed by atoms with Gasteiger partial charge in [0.05, 0.1) is 0 Å². The van der Waals surface area contributed by atoms with Crippen LogP contribution in [0.15, 0.2) is 0 Å². The summed E-state index contributed by atoms with van der Waals surface area (Å²) >= 11 is 0. The van der Waals surface area contributed by atoms with Gasteiger partial charge in [-0.1, -0.05) is 6.92 Å². The van der Waals surface area contributed by atoms with Crippen molar-refractivity contribution in [2.45, 2.75) is 19.8 Å². The van der Waals surface area contributed by atoms with E-state index in [4.69, 9.17) is 6.42 Å². The van der Waals surface area contributed by atoms with Gasteiger partial charge < -0.3 is 2.85 Å². The molecule has 40 valence electrons. The topological polar surface area (TPSA) is 0 Å². The minimum Gasteiger partial charge on any atom is -1.00 e. The van der Waals surface area contributed by atoms with Crippen LogP contribution in [0.25, 0.3) is 0 Å². The van der Waals surface area contributed by atoms with Crippen molar-refractivity contribution in [1.82, 2.24) is 0 Å². The van der Waals surface area contributed by atoms with E-state index in [0.29, 0.717) is 0 Å². The molecule has 0 nitrogen and oxygen atoms in total. The molecule has 0 aromatic heterocycles. The Labute approximate surface area is 70.6 Å². The van der Waals surface area contributed by atoms with E-state index >= 15 is 0 Å². The third-order valence-electron chi connectivity index (χ3n) is 0.394. The molecule has 0 saturated heterocycles. The summed E-state index contributed by atoms with van der Waals surface area (Å²) in [6.07, 6.45) is 6.91. The Morgan fingerprint density at radius 3 is 2.14 bits per heavy atom. The predicted octanol–water partition coefficient (Wildman–Crippen LogP) is 1.69. The predicted molar refractivity (Wildman–Crippen MR) is 39.0 cm³/mol. The normalized spacial score (nSPS) is 4.57. The maximum Gasteiger partial charge on any atom is 2.00 e. The smallest absolute Gasteiger partial charge is 1.00 e. The molecule has 0 atom stereocenters. The van der Waals surface area contributed by atoms with Gasteiger partial charge in [-0.05, 0) is 6.42 Å². The summed E-state index contributed by atoms with van der Waals surface area (Å²) in [5, 5.41) is 0. The van der Waals surface area contributed by atoms with Crippen LogP contribution in [0.1, 0.15) is 22.6 Å². The van der Waals surface area contributed by atoms with Crippen LogP contribution in [-0.4, -0.2) is 23.1 Å². The van der Waals surface area contributed by atoms with Crippen LogP contribution in [0, 0.1) is 12.3 Å². The molecule has 0 amide bonds. The van der Waals surface area contributed by atoms with Gasteiger partial charge in [0.25, 0.3) is 0 Å². The molecule has 2 heteroatoms. The Kier molecular flexibility index (Phi) is 35.7. The molecule has 0 fully saturated rings. The van der Waals surface area contributed by atoms with Crippen molar-refractivity contribution in [3.8, 4) is 12.3 Å². The molecule has 0 N–H and O–H groups in total. The van der Waals surface area contributed by atoms with Gasteiger partial charge in [0.15, 0.2) is 0 Å². The number of hydrogen-bond donors (Lipinski definition) is 0. The Balaban J connectivity index is -0.0000000133. The van der Waals surface area contributed by atoms with Crippen LogP contribution in [0.3, 0.4) is 0 Å². The van der Waals surface area contributed by atoms with Gasteiger partial charge >= 0.3 is 23.1 Å². The molecule has 0 rings (SSSR count). The van der Waals surface area contributed by atoms with E-state index < -0.39 is 0 Å². The van der Waals surface area contributed by atoms with Crippen LogP contribution in [0.5, 0.6) is 0 Å². The molecule has 0 aliphatic rings. The average molecular weight is 131 g/mol. The Morgan fingerprint density at radius 2 is 2.14 bits per heavy atom. The van der Waals surface area contributed by atoms with E-state index in [-0.39, 0.29) is 38.3 Å². The molecule has 0 bridgehead atoms. The van der Waals surface area contributed by atoms with E-state index in [1.807, 2.05) is 0 Å². The standard InChI is InChI=1S/C5H8.ClH.Mg.2H/c1-3-5-4-2;;;;/h1H,4-5H2,2H3;1H;;;/q;;+2;2*-1. The third kappa shape index (κ3) is 20.6. The van der Waals surface area contributed by atoms with E-state index in [2.05, 4.69) is 12.8 Å². The SMILES string of the molecule is C#CCCC.Cl.[H-].[H-].[Mg+2]. The Morgan fingerprint density at radius 1 is 1.71 bits per heavy atom. The third-order valence-corrected chi connectivity index (χ3v) is 0.394. The molecule has 0 aromatic rings. The molecular formula is C5H11ClMg. The van der Waals surface area contributed by atoms with Gasteiger partial charge in [0.2, 0.25) is 0 Å². The minimum atomic E-state index is 0. The van der Waals surface area contributed by atoms with Crippen LogP contribution in [-0.2, 0) is 0 Å². The first-order valence-electron chi connectivity index (χ1n) is 1.85. The van der Waals surface area contributed by atoms with Crippen molar-refractivity contribution in [3.63, 3.8) is 0 Å².